The highest BCUT2D eigenvalue weighted by molar-refractivity contribution is 5.85. The monoisotopic (exact) mass is 370 g/mol. The van der Waals surface area contributed by atoms with Gasteiger partial charge in [0, 0.05) is 29.7 Å². The van der Waals surface area contributed by atoms with E-state index in [9.17, 15) is 10.2 Å². The molecule has 0 saturated carbocycles. The Balaban J connectivity index is 1.63. The molecule has 4 heteroatoms. The third kappa shape index (κ3) is 2.92. The van der Waals surface area contributed by atoms with Crippen molar-refractivity contribution in [2.24, 2.45) is 0 Å². The van der Waals surface area contributed by atoms with E-state index in [0.29, 0.717) is 0 Å². The Bertz CT molecular complexity index is 1150. The van der Waals surface area contributed by atoms with Gasteiger partial charge in [-0.2, -0.15) is 0 Å². The molecule has 0 bridgehead atoms. The van der Waals surface area contributed by atoms with Gasteiger partial charge in [0.25, 0.3) is 0 Å². The molecular formula is C24H22N2O2. The van der Waals surface area contributed by atoms with E-state index < -0.39 is 0 Å². The molecule has 1 aliphatic rings. The second-order valence-corrected chi connectivity index (χ2v) is 7.45. The van der Waals surface area contributed by atoms with E-state index >= 15 is 0 Å². The van der Waals surface area contributed by atoms with E-state index in [0.717, 1.165) is 36.2 Å². The molecule has 0 spiro atoms. The number of nitrogens with zero attached hydrogens (tertiary/aromatic N) is 1. The summed E-state index contributed by atoms with van der Waals surface area (Å²) in [4.78, 5) is 6.04. The van der Waals surface area contributed by atoms with Crippen LogP contribution < -0.4 is 0 Å². The first kappa shape index (κ1) is 16.9. The van der Waals surface area contributed by atoms with Gasteiger partial charge in [0.2, 0.25) is 0 Å². The molecule has 1 aromatic heterocycles. The number of phenolic OH excluding ortho intramolecular Hbond substituents is 2. The van der Waals surface area contributed by atoms with Crippen LogP contribution in [0.15, 0.2) is 72.8 Å². The van der Waals surface area contributed by atoms with Gasteiger partial charge >= 0.3 is 0 Å². The Hall–Kier alpha value is -3.24. The van der Waals surface area contributed by atoms with Crippen LogP contribution >= 0.6 is 0 Å². The van der Waals surface area contributed by atoms with Gasteiger partial charge < -0.3 is 15.2 Å². The van der Waals surface area contributed by atoms with Crippen molar-refractivity contribution in [3.05, 3.63) is 95.2 Å². The molecule has 0 radical (unpaired) electrons. The van der Waals surface area contributed by atoms with Gasteiger partial charge in [0.05, 0.1) is 6.04 Å². The second kappa shape index (κ2) is 6.73. The SMILES string of the molecule is Oc1cccc(CN2CCc3c([nH]c4ccccc34)[C@H]2c2cccc(O)c2)c1. The van der Waals surface area contributed by atoms with Gasteiger partial charge in [-0.3, -0.25) is 4.90 Å². The smallest absolute Gasteiger partial charge is 0.115 e. The second-order valence-electron chi connectivity index (χ2n) is 7.45. The first-order valence-corrected chi connectivity index (χ1v) is 9.59. The summed E-state index contributed by atoms with van der Waals surface area (Å²) < 4.78 is 0. The Labute approximate surface area is 163 Å². The lowest BCUT2D eigenvalue weighted by molar-refractivity contribution is 0.201. The van der Waals surface area contributed by atoms with Gasteiger partial charge in [0.15, 0.2) is 0 Å². The number of benzene rings is 3. The zero-order valence-electron chi connectivity index (χ0n) is 15.5. The lowest BCUT2D eigenvalue weighted by atomic mass is 9.92. The Morgan fingerprint density at radius 2 is 1.68 bits per heavy atom. The van der Waals surface area contributed by atoms with Crippen LogP contribution in [-0.2, 0) is 13.0 Å². The van der Waals surface area contributed by atoms with Gasteiger partial charge in [-0.1, -0.05) is 42.5 Å². The van der Waals surface area contributed by atoms with E-state index in [-0.39, 0.29) is 17.5 Å². The van der Waals surface area contributed by atoms with Crippen molar-refractivity contribution in [1.29, 1.82) is 0 Å². The fourth-order valence-electron chi connectivity index (χ4n) is 4.42. The number of fused-ring (bicyclic) bond motifs is 3. The molecule has 0 saturated heterocycles. The van der Waals surface area contributed by atoms with Gasteiger partial charge in [-0.25, -0.2) is 0 Å². The molecule has 0 aliphatic carbocycles. The molecule has 3 N–H and O–H groups in total. The van der Waals surface area contributed by atoms with Crippen molar-refractivity contribution in [1.82, 2.24) is 9.88 Å². The van der Waals surface area contributed by atoms with E-state index in [4.69, 9.17) is 0 Å². The molecule has 3 aromatic carbocycles. The quantitative estimate of drug-likeness (QED) is 0.489. The van der Waals surface area contributed by atoms with Crippen LogP contribution in [0, 0.1) is 0 Å². The number of rotatable bonds is 3. The average Bonchev–Trinajstić information content (AvgIpc) is 3.06. The first-order valence-electron chi connectivity index (χ1n) is 9.59. The molecule has 0 unspecified atom stereocenters. The summed E-state index contributed by atoms with van der Waals surface area (Å²) in [7, 11) is 0. The van der Waals surface area contributed by atoms with Crippen LogP contribution in [0.2, 0.25) is 0 Å². The number of para-hydroxylation sites is 1. The molecule has 1 atom stereocenters. The molecule has 0 fully saturated rings. The fourth-order valence-corrected chi connectivity index (χ4v) is 4.42. The Morgan fingerprint density at radius 3 is 2.50 bits per heavy atom. The topological polar surface area (TPSA) is 59.5 Å². The van der Waals surface area contributed by atoms with E-state index in [1.807, 2.05) is 30.3 Å². The largest absolute Gasteiger partial charge is 0.508 e. The minimum absolute atomic E-state index is 0.0191. The number of phenols is 2. The zero-order valence-corrected chi connectivity index (χ0v) is 15.5. The maximum absolute atomic E-state index is 10.1. The summed E-state index contributed by atoms with van der Waals surface area (Å²) in [6.45, 7) is 1.63. The fraction of sp³-hybridized carbons (Fsp3) is 0.167. The van der Waals surface area contributed by atoms with Crippen molar-refractivity contribution in [2.45, 2.75) is 19.0 Å². The normalized spacial score (nSPS) is 16.9. The van der Waals surface area contributed by atoms with E-state index in [1.165, 1.54) is 16.6 Å². The maximum Gasteiger partial charge on any atom is 0.115 e. The molecule has 1 aliphatic heterocycles. The molecule has 2 heterocycles. The van der Waals surface area contributed by atoms with E-state index in [2.05, 4.69) is 40.2 Å². The van der Waals surface area contributed by atoms with E-state index in [1.54, 1.807) is 12.1 Å². The highest BCUT2D eigenvalue weighted by Gasteiger charge is 2.31. The zero-order chi connectivity index (χ0) is 19.1. The number of aromatic amines is 1. The minimum Gasteiger partial charge on any atom is -0.508 e. The Morgan fingerprint density at radius 1 is 0.893 bits per heavy atom. The molecule has 4 aromatic rings. The van der Waals surface area contributed by atoms with Crippen LogP contribution in [0.5, 0.6) is 11.5 Å². The van der Waals surface area contributed by atoms with Crippen molar-refractivity contribution < 1.29 is 10.2 Å². The summed E-state index contributed by atoms with van der Waals surface area (Å²) in [5.74, 6) is 0.563. The van der Waals surface area contributed by atoms with Crippen molar-refractivity contribution in [3.63, 3.8) is 0 Å². The number of hydrogen-bond acceptors (Lipinski definition) is 3. The number of nitrogens with one attached hydrogen (secondary N) is 1. The molecule has 140 valence electrons. The summed E-state index contributed by atoms with van der Waals surface area (Å²) in [5.41, 5.74) is 5.84. The third-order valence-corrected chi connectivity index (χ3v) is 5.62. The highest BCUT2D eigenvalue weighted by Crippen LogP contribution is 2.39. The van der Waals surface area contributed by atoms with Crippen LogP contribution in [0.25, 0.3) is 10.9 Å². The summed E-state index contributed by atoms with van der Waals surface area (Å²) in [5, 5.41) is 21.2. The minimum atomic E-state index is 0.0191. The number of aromatic hydroxyl groups is 2. The first-order chi connectivity index (χ1) is 13.7. The van der Waals surface area contributed by atoms with Crippen molar-refractivity contribution >= 4 is 10.9 Å². The van der Waals surface area contributed by atoms with Crippen LogP contribution in [0.4, 0.5) is 0 Å². The summed E-state index contributed by atoms with van der Waals surface area (Å²) in [6, 6.07) is 23.4. The number of hydrogen-bond donors (Lipinski definition) is 3. The molecular weight excluding hydrogens is 348 g/mol. The highest BCUT2D eigenvalue weighted by atomic mass is 16.3. The van der Waals surface area contributed by atoms with Gasteiger partial charge in [-0.15, -0.1) is 0 Å². The molecule has 4 nitrogen and oxygen atoms in total. The molecule has 28 heavy (non-hydrogen) atoms. The van der Waals surface area contributed by atoms with Crippen LogP contribution in [0.3, 0.4) is 0 Å². The molecule has 5 rings (SSSR count). The van der Waals surface area contributed by atoms with Crippen LogP contribution in [-0.4, -0.2) is 26.6 Å². The Kier molecular flexibility index (Phi) is 4.06. The predicted octanol–water partition coefficient (Wildman–Crippen LogP) is 4.73. The molecule has 0 amide bonds. The number of aromatic nitrogens is 1. The van der Waals surface area contributed by atoms with Gasteiger partial charge in [-0.05, 0) is 53.4 Å². The van der Waals surface area contributed by atoms with Crippen molar-refractivity contribution in [2.75, 3.05) is 6.54 Å². The third-order valence-electron chi connectivity index (χ3n) is 5.62. The summed E-state index contributed by atoms with van der Waals surface area (Å²) in [6.07, 6.45) is 0.966. The van der Waals surface area contributed by atoms with Crippen LogP contribution in [0.1, 0.15) is 28.4 Å². The predicted molar refractivity (Wildman–Crippen MR) is 110 cm³/mol. The van der Waals surface area contributed by atoms with Gasteiger partial charge in [0.1, 0.15) is 11.5 Å². The summed E-state index contributed by atoms with van der Waals surface area (Å²) >= 11 is 0. The average molecular weight is 370 g/mol. The lowest BCUT2D eigenvalue weighted by Crippen LogP contribution is -2.35. The maximum atomic E-state index is 10.1. The van der Waals surface area contributed by atoms with Crippen molar-refractivity contribution in [3.8, 4) is 11.5 Å². The number of H-pyrrole nitrogens is 1. The standard InChI is InChI=1S/C24H22N2O2/c27-18-7-3-5-16(13-18)15-26-12-11-21-20-9-1-2-10-22(20)25-23(21)24(26)17-6-4-8-19(28)14-17/h1-10,13-14,24-25,27-28H,11-12,15H2/t24-/m1/s1. The lowest BCUT2D eigenvalue weighted by Gasteiger charge is -2.36.